The Bertz CT molecular complexity index is 166. The summed E-state index contributed by atoms with van der Waals surface area (Å²) < 4.78 is 5.23. The maximum atomic E-state index is 10.2. The fourth-order valence-electron chi connectivity index (χ4n) is 0.965. The van der Waals surface area contributed by atoms with E-state index >= 15 is 0 Å². The van der Waals surface area contributed by atoms with E-state index in [1.54, 1.807) is 0 Å². The first-order valence-corrected chi connectivity index (χ1v) is 5.16. The summed E-state index contributed by atoms with van der Waals surface area (Å²) in [6, 6.07) is 0. The van der Waals surface area contributed by atoms with Gasteiger partial charge in [0.15, 0.2) is 0 Å². The fourth-order valence-corrected chi connectivity index (χ4v) is 0.965. The van der Waals surface area contributed by atoms with Crippen LogP contribution < -0.4 is 5.32 Å². The molecular formula is C9H20N2O4. The van der Waals surface area contributed by atoms with Gasteiger partial charge in [0, 0.05) is 13.2 Å². The molecule has 3 N–H and O–H groups in total. The van der Waals surface area contributed by atoms with Gasteiger partial charge in [-0.1, -0.05) is 6.92 Å². The van der Waals surface area contributed by atoms with Gasteiger partial charge < -0.3 is 15.2 Å². The first kappa shape index (κ1) is 14.2. The molecular weight excluding hydrogens is 200 g/mol. The van der Waals surface area contributed by atoms with Crippen molar-refractivity contribution in [3.8, 4) is 0 Å². The molecule has 6 nitrogen and oxygen atoms in total. The molecule has 0 unspecified atom stereocenters. The third-order valence-electron chi connectivity index (χ3n) is 1.72. The van der Waals surface area contributed by atoms with E-state index in [9.17, 15) is 4.79 Å². The van der Waals surface area contributed by atoms with Crippen LogP contribution in [0.15, 0.2) is 0 Å². The lowest BCUT2D eigenvalue weighted by atomic mass is 10.4. The van der Waals surface area contributed by atoms with Gasteiger partial charge in [-0.2, -0.15) is 5.06 Å². The SMILES string of the molecule is CCCOCCNCCCN(O)C(=O)O. The van der Waals surface area contributed by atoms with Crippen molar-refractivity contribution in [1.29, 1.82) is 0 Å². The minimum Gasteiger partial charge on any atom is -0.463 e. The van der Waals surface area contributed by atoms with Gasteiger partial charge in [-0.25, -0.2) is 4.79 Å². The molecule has 0 aliphatic carbocycles. The first-order chi connectivity index (χ1) is 7.18. The molecule has 0 saturated carbocycles. The number of carboxylic acid groups (broad SMARTS) is 1. The lowest BCUT2D eigenvalue weighted by Gasteiger charge is -2.10. The highest BCUT2D eigenvalue weighted by Crippen LogP contribution is 1.86. The second kappa shape index (κ2) is 9.70. The minimum atomic E-state index is -1.32. The Morgan fingerprint density at radius 3 is 2.73 bits per heavy atom. The highest BCUT2D eigenvalue weighted by molar-refractivity contribution is 5.63. The highest BCUT2D eigenvalue weighted by atomic mass is 16.6. The second-order valence-corrected chi connectivity index (χ2v) is 3.12. The van der Waals surface area contributed by atoms with E-state index in [1.165, 1.54) is 0 Å². The second-order valence-electron chi connectivity index (χ2n) is 3.12. The summed E-state index contributed by atoms with van der Waals surface area (Å²) >= 11 is 0. The number of amides is 1. The zero-order chi connectivity index (χ0) is 11.5. The van der Waals surface area contributed by atoms with Crippen molar-refractivity contribution < 1.29 is 19.8 Å². The monoisotopic (exact) mass is 220 g/mol. The normalized spacial score (nSPS) is 10.3. The van der Waals surface area contributed by atoms with E-state index in [1.807, 2.05) is 0 Å². The summed E-state index contributed by atoms with van der Waals surface area (Å²) in [5.41, 5.74) is 0. The largest absolute Gasteiger partial charge is 0.463 e. The van der Waals surface area contributed by atoms with E-state index in [0.717, 1.165) is 19.6 Å². The van der Waals surface area contributed by atoms with Gasteiger partial charge in [0.2, 0.25) is 0 Å². The Morgan fingerprint density at radius 1 is 1.40 bits per heavy atom. The van der Waals surface area contributed by atoms with Gasteiger partial charge in [0.1, 0.15) is 0 Å². The number of rotatable bonds is 9. The third-order valence-corrected chi connectivity index (χ3v) is 1.72. The first-order valence-electron chi connectivity index (χ1n) is 5.16. The molecule has 0 rings (SSSR count). The summed E-state index contributed by atoms with van der Waals surface area (Å²) in [4.78, 5) is 10.2. The number of hydroxylamine groups is 2. The molecule has 1 amide bonds. The maximum absolute atomic E-state index is 10.2. The Morgan fingerprint density at radius 2 is 2.13 bits per heavy atom. The highest BCUT2D eigenvalue weighted by Gasteiger charge is 2.05. The minimum absolute atomic E-state index is 0.123. The number of ether oxygens (including phenoxy) is 1. The van der Waals surface area contributed by atoms with Crippen LogP contribution in [0, 0.1) is 0 Å². The van der Waals surface area contributed by atoms with Gasteiger partial charge in [-0.05, 0) is 19.4 Å². The summed E-state index contributed by atoms with van der Waals surface area (Å²) in [7, 11) is 0. The third kappa shape index (κ3) is 9.45. The van der Waals surface area contributed by atoms with Gasteiger partial charge in [0.25, 0.3) is 0 Å². The molecule has 0 radical (unpaired) electrons. The molecule has 0 aliphatic heterocycles. The standard InChI is InChI=1S/C9H20N2O4/c1-2-7-15-8-5-10-4-3-6-11(14)9(12)13/h10,14H,2-8H2,1H3,(H,12,13). The molecule has 0 spiro atoms. The smallest absolute Gasteiger partial charge is 0.431 e. The molecule has 90 valence electrons. The molecule has 0 saturated heterocycles. The summed E-state index contributed by atoms with van der Waals surface area (Å²) in [5.74, 6) is 0. The van der Waals surface area contributed by atoms with Crippen molar-refractivity contribution in [1.82, 2.24) is 10.4 Å². The Labute approximate surface area is 89.8 Å². The van der Waals surface area contributed by atoms with Crippen molar-refractivity contribution in [2.45, 2.75) is 19.8 Å². The zero-order valence-electron chi connectivity index (χ0n) is 9.11. The van der Waals surface area contributed by atoms with Crippen LogP contribution in [0.1, 0.15) is 19.8 Å². The lowest BCUT2D eigenvalue weighted by molar-refractivity contribution is -0.0640. The van der Waals surface area contributed by atoms with Crippen molar-refractivity contribution in [3.63, 3.8) is 0 Å². The predicted molar refractivity (Wildman–Crippen MR) is 55.1 cm³/mol. The van der Waals surface area contributed by atoms with Crippen molar-refractivity contribution in [3.05, 3.63) is 0 Å². The van der Waals surface area contributed by atoms with Crippen LogP contribution in [0.4, 0.5) is 4.79 Å². The maximum Gasteiger partial charge on any atom is 0.431 e. The summed E-state index contributed by atoms with van der Waals surface area (Å²) in [6.07, 6.45) is 0.274. The van der Waals surface area contributed by atoms with Crippen molar-refractivity contribution in [2.24, 2.45) is 0 Å². The summed E-state index contributed by atoms with van der Waals surface area (Å²) in [6.45, 7) is 5.02. The average Bonchev–Trinajstić information content (AvgIpc) is 2.21. The van der Waals surface area contributed by atoms with Crippen LogP contribution >= 0.6 is 0 Å². The van der Waals surface area contributed by atoms with Crippen molar-refractivity contribution in [2.75, 3.05) is 32.8 Å². The Hall–Kier alpha value is -0.850. The number of nitrogens with one attached hydrogen (secondary N) is 1. The van der Waals surface area contributed by atoms with Gasteiger partial charge >= 0.3 is 6.09 Å². The van der Waals surface area contributed by atoms with E-state index in [2.05, 4.69) is 12.2 Å². The lowest BCUT2D eigenvalue weighted by Crippen LogP contribution is -2.29. The van der Waals surface area contributed by atoms with E-state index in [0.29, 0.717) is 19.6 Å². The van der Waals surface area contributed by atoms with Gasteiger partial charge in [-0.15, -0.1) is 0 Å². The molecule has 0 aromatic rings. The van der Waals surface area contributed by atoms with Crippen LogP contribution in [-0.4, -0.2) is 54.3 Å². The topological polar surface area (TPSA) is 82.0 Å². The Balaban J connectivity index is 3.08. The van der Waals surface area contributed by atoms with Crippen LogP contribution in [0.5, 0.6) is 0 Å². The molecule has 0 fully saturated rings. The fraction of sp³-hybridized carbons (Fsp3) is 0.889. The Kier molecular flexibility index (Phi) is 9.15. The molecule has 0 atom stereocenters. The molecule has 0 bridgehead atoms. The van der Waals surface area contributed by atoms with E-state index < -0.39 is 6.09 Å². The van der Waals surface area contributed by atoms with Gasteiger partial charge in [0.05, 0.1) is 13.2 Å². The van der Waals surface area contributed by atoms with Crippen LogP contribution in [0.3, 0.4) is 0 Å². The summed E-state index contributed by atoms with van der Waals surface area (Å²) in [5, 5.41) is 20.5. The molecule has 0 aromatic heterocycles. The van der Waals surface area contributed by atoms with Gasteiger partial charge in [-0.3, -0.25) is 5.21 Å². The number of hydrogen-bond acceptors (Lipinski definition) is 4. The number of nitrogens with zero attached hydrogens (tertiary/aromatic N) is 1. The van der Waals surface area contributed by atoms with Crippen LogP contribution in [0.2, 0.25) is 0 Å². The number of carbonyl (C=O) groups is 1. The van der Waals surface area contributed by atoms with Crippen LogP contribution in [0.25, 0.3) is 0 Å². The molecule has 15 heavy (non-hydrogen) atoms. The molecule has 0 aliphatic rings. The molecule has 6 heteroatoms. The zero-order valence-corrected chi connectivity index (χ0v) is 9.11. The molecule has 0 aromatic carbocycles. The predicted octanol–water partition coefficient (Wildman–Crippen LogP) is 0.762. The van der Waals surface area contributed by atoms with Crippen molar-refractivity contribution >= 4 is 6.09 Å². The molecule has 0 heterocycles. The quantitative estimate of drug-likeness (QED) is 0.303. The average molecular weight is 220 g/mol. The van der Waals surface area contributed by atoms with Crippen LogP contribution in [-0.2, 0) is 4.74 Å². The van der Waals surface area contributed by atoms with E-state index in [-0.39, 0.29) is 11.6 Å². The number of hydrogen-bond donors (Lipinski definition) is 3. The van der Waals surface area contributed by atoms with E-state index in [4.69, 9.17) is 15.1 Å².